The van der Waals surface area contributed by atoms with Crippen LogP contribution in [0, 0.1) is 10.1 Å². The van der Waals surface area contributed by atoms with Crippen molar-refractivity contribution in [1.29, 1.82) is 0 Å². The maximum atomic E-state index is 11.0. The van der Waals surface area contributed by atoms with E-state index in [1.165, 1.54) is 0 Å². The van der Waals surface area contributed by atoms with Crippen LogP contribution in [0.5, 0.6) is 0 Å². The monoisotopic (exact) mass is 322 g/mol. The van der Waals surface area contributed by atoms with E-state index in [1.807, 2.05) is 12.2 Å². The molecule has 0 aromatic carbocycles. The van der Waals surface area contributed by atoms with Gasteiger partial charge in [0.2, 0.25) is 6.04 Å². The number of aliphatic hydroxyl groups is 1. The summed E-state index contributed by atoms with van der Waals surface area (Å²) in [5.74, 6) is 0. The van der Waals surface area contributed by atoms with Gasteiger partial charge in [0.1, 0.15) is 6.10 Å². The Morgan fingerprint density at radius 2 is 1.70 bits per heavy atom. The molecule has 2 unspecified atom stereocenters. The molecule has 2 atom stereocenters. The number of nitrogens with zero attached hydrogens (tertiary/aromatic N) is 1. The van der Waals surface area contributed by atoms with E-state index >= 15 is 0 Å². The number of nitro groups is 1. The summed E-state index contributed by atoms with van der Waals surface area (Å²) in [6.07, 6.45) is 17.5. The van der Waals surface area contributed by atoms with E-state index in [1.54, 1.807) is 12.4 Å². The minimum atomic E-state index is -0.988. The van der Waals surface area contributed by atoms with E-state index in [4.69, 9.17) is 0 Å². The van der Waals surface area contributed by atoms with Gasteiger partial charge in [-0.05, 0) is 38.5 Å². The molecule has 0 aliphatic carbocycles. The molecule has 23 heavy (non-hydrogen) atoms. The van der Waals surface area contributed by atoms with E-state index in [9.17, 15) is 20.0 Å². The largest absolute Gasteiger partial charge is 0.386 e. The van der Waals surface area contributed by atoms with Crippen LogP contribution in [0.1, 0.15) is 58.3 Å². The highest BCUT2D eigenvalue weighted by Gasteiger charge is 2.27. The lowest BCUT2D eigenvalue weighted by Crippen LogP contribution is -2.33. The van der Waals surface area contributed by atoms with Crippen molar-refractivity contribution < 1.29 is 14.8 Å². The number of allylic oxidation sites excluding steroid dienone is 5. The first-order valence-corrected chi connectivity index (χ1v) is 8.25. The molecule has 129 valence electrons. The zero-order valence-electron chi connectivity index (χ0n) is 13.9. The summed E-state index contributed by atoms with van der Waals surface area (Å²) >= 11 is 0. The van der Waals surface area contributed by atoms with Crippen LogP contribution < -0.4 is 0 Å². The summed E-state index contributed by atoms with van der Waals surface area (Å²) in [5.41, 5.74) is 0. The molecule has 0 aliphatic rings. The zero-order valence-corrected chi connectivity index (χ0v) is 13.9. The Balaban J connectivity index is 4.03. The van der Waals surface area contributed by atoms with Crippen LogP contribution in [0.25, 0.3) is 0 Å². The molecule has 0 saturated carbocycles. The van der Waals surface area contributed by atoms with E-state index < -0.39 is 17.1 Å². The standard InChI is InChI=1S/C18H28NO4/c1-2-3-4-5-6-7-8-9-12-15-18(21)17(19(22)23)14-11-10-13-16-20/h3-4,6-7,9,12,17-18,21H,2,5,8,10-11,13-15H2,1H3/b4-3-,7-6-,12-9-. The van der Waals surface area contributed by atoms with E-state index in [-0.39, 0.29) is 12.8 Å². The first-order chi connectivity index (χ1) is 11.1. The second-order valence-corrected chi connectivity index (χ2v) is 5.34. The molecule has 0 bridgehead atoms. The number of carbonyl (C=O) groups excluding carboxylic acids is 1. The third kappa shape index (κ3) is 12.5. The first-order valence-electron chi connectivity index (χ1n) is 8.25. The Bertz CT molecular complexity index is 402. The van der Waals surface area contributed by atoms with E-state index in [0.717, 1.165) is 19.3 Å². The third-order valence-electron chi connectivity index (χ3n) is 3.40. The van der Waals surface area contributed by atoms with Gasteiger partial charge in [0, 0.05) is 17.8 Å². The Morgan fingerprint density at radius 3 is 2.26 bits per heavy atom. The van der Waals surface area contributed by atoms with E-state index in [0.29, 0.717) is 19.3 Å². The van der Waals surface area contributed by atoms with Crippen LogP contribution in [-0.2, 0) is 4.79 Å². The molecule has 5 nitrogen and oxygen atoms in total. The molecule has 0 fully saturated rings. The predicted octanol–water partition coefficient (Wildman–Crippen LogP) is 3.91. The predicted molar refractivity (Wildman–Crippen MR) is 92.5 cm³/mol. The summed E-state index contributed by atoms with van der Waals surface area (Å²) in [6, 6.07) is -0.971. The lowest BCUT2D eigenvalue weighted by Gasteiger charge is -2.14. The number of hydrogen-bond donors (Lipinski definition) is 1. The van der Waals surface area contributed by atoms with Crippen molar-refractivity contribution in [3.05, 3.63) is 46.6 Å². The summed E-state index contributed by atoms with van der Waals surface area (Å²) in [7, 11) is 0. The van der Waals surface area contributed by atoms with Gasteiger partial charge in [0.05, 0.1) is 0 Å². The Hall–Kier alpha value is -1.75. The summed E-state index contributed by atoms with van der Waals surface area (Å²) < 4.78 is 0. The second kappa shape index (κ2) is 15.2. The minimum absolute atomic E-state index is 0.273. The zero-order chi connectivity index (χ0) is 17.3. The van der Waals surface area contributed by atoms with Crippen molar-refractivity contribution in [2.24, 2.45) is 0 Å². The average molecular weight is 322 g/mol. The second-order valence-electron chi connectivity index (χ2n) is 5.34. The van der Waals surface area contributed by atoms with Gasteiger partial charge < -0.3 is 5.11 Å². The lowest BCUT2D eigenvalue weighted by molar-refractivity contribution is -0.535. The normalized spacial score (nSPS) is 14.7. The fourth-order valence-electron chi connectivity index (χ4n) is 2.09. The van der Waals surface area contributed by atoms with Gasteiger partial charge in [0.15, 0.2) is 6.29 Å². The molecule has 0 aromatic heterocycles. The maximum Gasteiger partial charge on any atom is 0.238 e. The molecular weight excluding hydrogens is 294 g/mol. The molecule has 0 saturated heterocycles. The highest BCUT2D eigenvalue weighted by atomic mass is 16.6. The molecule has 0 aromatic rings. The van der Waals surface area contributed by atoms with Crippen LogP contribution in [0.3, 0.4) is 0 Å². The fourth-order valence-corrected chi connectivity index (χ4v) is 2.09. The highest BCUT2D eigenvalue weighted by Crippen LogP contribution is 2.13. The topological polar surface area (TPSA) is 80.4 Å². The summed E-state index contributed by atoms with van der Waals surface area (Å²) in [6.45, 7) is 2.09. The van der Waals surface area contributed by atoms with Gasteiger partial charge >= 0.3 is 0 Å². The van der Waals surface area contributed by atoms with Gasteiger partial charge in [-0.1, -0.05) is 43.4 Å². The molecular formula is C18H28NO4. The van der Waals surface area contributed by atoms with E-state index in [2.05, 4.69) is 25.2 Å². The van der Waals surface area contributed by atoms with Crippen LogP contribution in [0.4, 0.5) is 0 Å². The average Bonchev–Trinajstić information content (AvgIpc) is 2.52. The van der Waals surface area contributed by atoms with Gasteiger partial charge in [-0.15, -0.1) is 0 Å². The summed E-state index contributed by atoms with van der Waals surface area (Å²) in [4.78, 5) is 20.7. The van der Waals surface area contributed by atoms with Crippen molar-refractivity contribution in [3.8, 4) is 0 Å². The van der Waals surface area contributed by atoms with Gasteiger partial charge in [-0.25, -0.2) is 0 Å². The molecule has 0 amide bonds. The SMILES string of the molecule is CC/C=C\C/C=C\C/C=C\CC(O)C(CCCC[C]=O)[N+](=O)[O-]. The lowest BCUT2D eigenvalue weighted by atomic mass is 10.0. The summed E-state index contributed by atoms with van der Waals surface area (Å²) in [5, 5.41) is 20.9. The number of unbranched alkanes of at least 4 members (excludes halogenated alkanes) is 2. The molecule has 0 heterocycles. The Kier molecular flexibility index (Phi) is 14.0. The molecule has 5 heteroatoms. The first kappa shape index (κ1) is 21.2. The minimum Gasteiger partial charge on any atom is -0.386 e. The van der Waals surface area contributed by atoms with Crippen LogP contribution in [0.2, 0.25) is 0 Å². The smallest absolute Gasteiger partial charge is 0.238 e. The number of aliphatic hydroxyl groups excluding tert-OH is 1. The van der Waals surface area contributed by atoms with Crippen molar-refractivity contribution in [2.45, 2.75) is 70.4 Å². The third-order valence-corrected chi connectivity index (χ3v) is 3.40. The van der Waals surface area contributed by atoms with Crippen molar-refractivity contribution in [2.75, 3.05) is 0 Å². The van der Waals surface area contributed by atoms with Gasteiger partial charge in [0.25, 0.3) is 0 Å². The van der Waals surface area contributed by atoms with Crippen LogP contribution in [0.15, 0.2) is 36.5 Å². The quantitative estimate of drug-likeness (QED) is 0.227. The van der Waals surface area contributed by atoms with Crippen molar-refractivity contribution in [3.63, 3.8) is 0 Å². The molecule has 0 rings (SSSR count). The van der Waals surface area contributed by atoms with Crippen molar-refractivity contribution >= 4 is 6.29 Å². The van der Waals surface area contributed by atoms with Crippen LogP contribution >= 0.6 is 0 Å². The fraction of sp³-hybridized carbons (Fsp3) is 0.611. The molecule has 0 aliphatic heterocycles. The number of rotatable bonds is 14. The van der Waals surface area contributed by atoms with Crippen LogP contribution in [-0.4, -0.2) is 28.5 Å². The van der Waals surface area contributed by atoms with Gasteiger partial charge in [-0.2, -0.15) is 0 Å². The molecule has 0 spiro atoms. The van der Waals surface area contributed by atoms with Gasteiger partial charge in [-0.3, -0.25) is 14.9 Å². The molecule has 1 radical (unpaired) electrons. The maximum absolute atomic E-state index is 11.0. The Morgan fingerprint density at radius 1 is 1.09 bits per heavy atom. The Labute approximate surface area is 138 Å². The van der Waals surface area contributed by atoms with Crippen molar-refractivity contribution in [1.82, 2.24) is 0 Å². The molecule has 1 N–H and O–H groups in total. The highest BCUT2D eigenvalue weighted by molar-refractivity contribution is 5.50. The number of hydrogen-bond acceptors (Lipinski definition) is 4.